The van der Waals surface area contributed by atoms with Crippen LogP contribution < -0.4 is 9.47 Å². The van der Waals surface area contributed by atoms with E-state index in [1.165, 1.54) is 12.8 Å². The molecule has 0 aromatic heterocycles. The van der Waals surface area contributed by atoms with Gasteiger partial charge in [-0.15, -0.1) is 0 Å². The molecule has 0 amide bonds. The average molecular weight is 257 g/mol. The highest BCUT2D eigenvalue weighted by Crippen LogP contribution is 2.38. The van der Waals surface area contributed by atoms with Crippen LogP contribution in [-0.4, -0.2) is 18.3 Å². The summed E-state index contributed by atoms with van der Waals surface area (Å²) in [6, 6.07) is 3.49. The second-order valence-corrected chi connectivity index (χ2v) is 4.65. The molecule has 1 aliphatic rings. The highest BCUT2D eigenvalue weighted by atomic mass is 35.5. The van der Waals surface area contributed by atoms with Crippen LogP contribution in [0.3, 0.4) is 0 Å². The van der Waals surface area contributed by atoms with Gasteiger partial charge in [0.1, 0.15) is 0 Å². The molecule has 0 spiro atoms. The number of methoxy groups -OCH3 is 1. The zero-order valence-electron chi connectivity index (χ0n) is 9.91. The van der Waals surface area contributed by atoms with Crippen LogP contribution in [0.15, 0.2) is 12.1 Å². The van der Waals surface area contributed by atoms with Crippen molar-refractivity contribution in [3.63, 3.8) is 0 Å². The third-order valence-electron chi connectivity index (χ3n) is 3.13. The first kappa shape index (κ1) is 12.5. The predicted octanol–water partition coefficient (Wildman–Crippen LogP) is 3.16. The summed E-state index contributed by atoms with van der Waals surface area (Å²) < 4.78 is 11.2. The van der Waals surface area contributed by atoms with E-state index >= 15 is 0 Å². The number of aliphatic hydroxyl groups excluding tert-OH is 1. The maximum Gasteiger partial charge on any atom is 0.168 e. The second kappa shape index (κ2) is 5.61. The Morgan fingerprint density at radius 2 is 2.06 bits per heavy atom. The molecule has 0 bridgehead atoms. The van der Waals surface area contributed by atoms with Crippen LogP contribution in [0, 0.1) is 0 Å². The fraction of sp³-hybridized carbons (Fsp3) is 0.538. The Kier molecular flexibility index (Phi) is 4.13. The van der Waals surface area contributed by atoms with Gasteiger partial charge in [-0.3, -0.25) is 0 Å². The number of ether oxygens (including phenoxy) is 2. The summed E-state index contributed by atoms with van der Waals surface area (Å²) in [5.41, 5.74) is 0.609. The van der Waals surface area contributed by atoms with Gasteiger partial charge in [-0.1, -0.05) is 11.6 Å². The van der Waals surface area contributed by atoms with Crippen LogP contribution in [0.25, 0.3) is 0 Å². The molecule has 1 aromatic rings. The number of hydrogen-bond donors (Lipinski definition) is 1. The molecule has 0 radical (unpaired) electrons. The van der Waals surface area contributed by atoms with E-state index in [0.717, 1.165) is 12.8 Å². The van der Waals surface area contributed by atoms with Crippen molar-refractivity contribution in [2.75, 3.05) is 7.11 Å². The van der Waals surface area contributed by atoms with E-state index < -0.39 is 0 Å². The van der Waals surface area contributed by atoms with E-state index in [4.69, 9.17) is 21.1 Å². The van der Waals surface area contributed by atoms with E-state index in [-0.39, 0.29) is 12.7 Å². The molecule has 1 saturated carbocycles. The van der Waals surface area contributed by atoms with E-state index in [1.54, 1.807) is 19.2 Å². The Morgan fingerprint density at radius 1 is 1.35 bits per heavy atom. The lowest BCUT2D eigenvalue weighted by Crippen LogP contribution is -2.13. The third-order valence-corrected chi connectivity index (χ3v) is 3.49. The molecule has 0 unspecified atom stereocenters. The second-order valence-electron chi connectivity index (χ2n) is 4.24. The molecule has 1 aromatic carbocycles. The maximum atomic E-state index is 9.37. The fourth-order valence-corrected chi connectivity index (χ4v) is 2.40. The Balaban J connectivity index is 2.30. The van der Waals surface area contributed by atoms with Crippen LogP contribution in [0.4, 0.5) is 0 Å². The van der Waals surface area contributed by atoms with Crippen molar-refractivity contribution in [3.8, 4) is 11.5 Å². The Hall–Kier alpha value is -0.930. The van der Waals surface area contributed by atoms with Gasteiger partial charge in [-0.2, -0.15) is 0 Å². The van der Waals surface area contributed by atoms with Gasteiger partial charge in [0.2, 0.25) is 0 Å². The summed E-state index contributed by atoms with van der Waals surface area (Å²) in [5.74, 6) is 1.22. The van der Waals surface area contributed by atoms with Gasteiger partial charge >= 0.3 is 0 Å². The van der Waals surface area contributed by atoms with Crippen LogP contribution in [-0.2, 0) is 6.61 Å². The fourth-order valence-electron chi connectivity index (χ4n) is 2.19. The highest BCUT2D eigenvalue weighted by Gasteiger charge is 2.21. The van der Waals surface area contributed by atoms with Gasteiger partial charge < -0.3 is 14.6 Å². The minimum atomic E-state index is -0.141. The van der Waals surface area contributed by atoms with Gasteiger partial charge in [0, 0.05) is 5.56 Å². The van der Waals surface area contributed by atoms with Gasteiger partial charge in [-0.25, -0.2) is 0 Å². The first-order valence-corrected chi connectivity index (χ1v) is 6.27. The van der Waals surface area contributed by atoms with E-state index in [1.807, 2.05) is 0 Å². The first-order valence-electron chi connectivity index (χ1n) is 5.89. The highest BCUT2D eigenvalue weighted by molar-refractivity contribution is 6.31. The molecule has 1 N–H and O–H groups in total. The molecule has 94 valence electrons. The minimum absolute atomic E-state index is 0.141. The number of hydrogen-bond acceptors (Lipinski definition) is 3. The van der Waals surface area contributed by atoms with Gasteiger partial charge in [0.15, 0.2) is 11.5 Å². The lowest BCUT2D eigenvalue weighted by Gasteiger charge is -2.19. The summed E-state index contributed by atoms with van der Waals surface area (Å²) in [7, 11) is 1.59. The largest absolute Gasteiger partial charge is 0.493 e. The van der Waals surface area contributed by atoms with Crippen LogP contribution in [0.5, 0.6) is 11.5 Å². The van der Waals surface area contributed by atoms with Crippen LogP contribution in [0.2, 0.25) is 5.02 Å². The first-order chi connectivity index (χ1) is 8.26. The predicted molar refractivity (Wildman–Crippen MR) is 66.8 cm³/mol. The van der Waals surface area contributed by atoms with Crippen molar-refractivity contribution in [2.45, 2.75) is 38.4 Å². The van der Waals surface area contributed by atoms with E-state index in [0.29, 0.717) is 22.1 Å². The number of benzene rings is 1. The molecule has 0 saturated heterocycles. The molecule has 1 fully saturated rings. The van der Waals surface area contributed by atoms with Crippen molar-refractivity contribution in [1.29, 1.82) is 0 Å². The molecule has 17 heavy (non-hydrogen) atoms. The maximum absolute atomic E-state index is 9.37. The standard InChI is InChI=1S/C13H17ClO3/c1-16-12-7-6-11(14)10(8-15)13(12)17-9-4-2-3-5-9/h6-7,9,15H,2-5,8H2,1H3. The Bertz CT molecular complexity index is 386. The Morgan fingerprint density at radius 3 is 2.65 bits per heavy atom. The molecular formula is C13H17ClO3. The van der Waals surface area contributed by atoms with Gasteiger partial charge in [0.05, 0.1) is 24.8 Å². The monoisotopic (exact) mass is 256 g/mol. The normalized spacial score (nSPS) is 16.2. The van der Waals surface area contributed by atoms with Crippen LogP contribution >= 0.6 is 11.6 Å². The minimum Gasteiger partial charge on any atom is -0.493 e. The molecule has 2 rings (SSSR count). The SMILES string of the molecule is COc1ccc(Cl)c(CO)c1OC1CCCC1. The summed E-state index contributed by atoms with van der Waals surface area (Å²) in [4.78, 5) is 0. The molecule has 0 aliphatic heterocycles. The summed E-state index contributed by atoms with van der Waals surface area (Å²) in [6.07, 6.45) is 4.72. The molecule has 3 nitrogen and oxygen atoms in total. The number of aliphatic hydroxyl groups is 1. The summed E-state index contributed by atoms with van der Waals surface area (Å²) >= 11 is 6.05. The lowest BCUT2D eigenvalue weighted by molar-refractivity contribution is 0.191. The molecular weight excluding hydrogens is 240 g/mol. The molecule has 0 atom stereocenters. The topological polar surface area (TPSA) is 38.7 Å². The third kappa shape index (κ3) is 2.67. The van der Waals surface area contributed by atoms with Crippen molar-refractivity contribution in [1.82, 2.24) is 0 Å². The van der Waals surface area contributed by atoms with Crippen molar-refractivity contribution in [2.24, 2.45) is 0 Å². The molecule has 4 heteroatoms. The zero-order chi connectivity index (χ0) is 12.3. The summed E-state index contributed by atoms with van der Waals surface area (Å²) in [6.45, 7) is -0.141. The average Bonchev–Trinajstić information content (AvgIpc) is 2.83. The quantitative estimate of drug-likeness (QED) is 0.899. The van der Waals surface area contributed by atoms with Gasteiger partial charge in [-0.05, 0) is 37.8 Å². The Labute approximate surface area is 106 Å². The molecule has 0 heterocycles. The van der Waals surface area contributed by atoms with Crippen molar-refractivity contribution >= 4 is 11.6 Å². The van der Waals surface area contributed by atoms with Crippen molar-refractivity contribution in [3.05, 3.63) is 22.7 Å². The number of rotatable bonds is 4. The van der Waals surface area contributed by atoms with Crippen molar-refractivity contribution < 1.29 is 14.6 Å². The zero-order valence-corrected chi connectivity index (χ0v) is 10.7. The number of halogens is 1. The smallest absolute Gasteiger partial charge is 0.168 e. The summed E-state index contributed by atoms with van der Waals surface area (Å²) in [5, 5.41) is 9.89. The van der Waals surface area contributed by atoms with E-state index in [2.05, 4.69) is 0 Å². The van der Waals surface area contributed by atoms with Gasteiger partial charge in [0.25, 0.3) is 0 Å². The van der Waals surface area contributed by atoms with Crippen LogP contribution in [0.1, 0.15) is 31.2 Å². The lowest BCUT2D eigenvalue weighted by atomic mass is 10.2. The molecule has 1 aliphatic carbocycles. The van der Waals surface area contributed by atoms with E-state index in [9.17, 15) is 5.11 Å².